The molecule has 0 bridgehead atoms. The average molecular weight is 402 g/mol. The first kappa shape index (κ1) is 13.4. The number of amides is 1. The summed E-state index contributed by atoms with van der Waals surface area (Å²) in [6.07, 6.45) is 0.772. The first-order chi connectivity index (χ1) is 9.14. The fraction of sp³-hybridized carbons (Fsp3) is 0.231. The molecular formula is C13H11IN2OS2. The lowest BCUT2D eigenvalue weighted by atomic mass is 10.1. The molecule has 3 rings (SSSR count). The Hall–Kier alpha value is -0.600. The van der Waals surface area contributed by atoms with Gasteiger partial charge in [-0.15, -0.1) is 23.1 Å². The summed E-state index contributed by atoms with van der Waals surface area (Å²) in [5, 5.41) is 3.20. The van der Waals surface area contributed by atoms with E-state index in [4.69, 9.17) is 0 Å². The molecule has 1 aromatic heterocycles. The number of aryl methyl sites for hydroxylation is 1. The molecule has 3 nitrogen and oxygen atoms in total. The van der Waals surface area contributed by atoms with Gasteiger partial charge in [0.05, 0.1) is 21.3 Å². The maximum atomic E-state index is 10.5. The molecule has 2 heterocycles. The van der Waals surface area contributed by atoms with E-state index in [-0.39, 0.29) is 2.88 Å². The SMILES string of the molecule is Cc1ncsc1-c1ccc(C2S[C@]2(I)NC=O)cc1. The van der Waals surface area contributed by atoms with E-state index in [9.17, 15) is 4.79 Å². The van der Waals surface area contributed by atoms with Crippen LogP contribution in [0.3, 0.4) is 0 Å². The van der Waals surface area contributed by atoms with Crippen LogP contribution in [-0.4, -0.2) is 14.3 Å². The van der Waals surface area contributed by atoms with E-state index in [1.165, 1.54) is 16.0 Å². The summed E-state index contributed by atoms with van der Waals surface area (Å²) >= 11 is 5.71. The average Bonchev–Trinajstić information content (AvgIpc) is 2.87. The number of benzene rings is 1. The van der Waals surface area contributed by atoms with E-state index < -0.39 is 0 Å². The molecule has 1 fully saturated rings. The van der Waals surface area contributed by atoms with Gasteiger partial charge in [0.25, 0.3) is 0 Å². The number of alkyl halides is 1. The van der Waals surface area contributed by atoms with Gasteiger partial charge in [-0.3, -0.25) is 4.79 Å². The summed E-state index contributed by atoms with van der Waals surface area (Å²) in [7, 11) is 0. The number of hydrogen-bond donors (Lipinski definition) is 1. The fourth-order valence-electron chi connectivity index (χ4n) is 2.00. The van der Waals surface area contributed by atoms with Gasteiger partial charge in [0, 0.05) is 0 Å². The lowest BCUT2D eigenvalue weighted by molar-refractivity contribution is -0.109. The van der Waals surface area contributed by atoms with Crippen molar-refractivity contribution in [2.24, 2.45) is 0 Å². The Morgan fingerprint density at radius 1 is 1.42 bits per heavy atom. The Balaban J connectivity index is 1.81. The maximum Gasteiger partial charge on any atom is 0.208 e. The Bertz CT molecular complexity index is 613. The predicted octanol–water partition coefficient (Wildman–Crippen LogP) is 3.74. The number of carbonyl (C=O) groups is 1. The van der Waals surface area contributed by atoms with Crippen molar-refractivity contribution in [2.45, 2.75) is 15.1 Å². The molecule has 19 heavy (non-hydrogen) atoms. The van der Waals surface area contributed by atoms with Crippen LogP contribution < -0.4 is 5.32 Å². The van der Waals surface area contributed by atoms with Crippen LogP contribution in [0.4, 0.5) is 0 Å². The van der Waals surface area contributed by atoms with Crippen LogP contribution in [0.5, 0.6) is 0 Å². The molecule has 1 aliphatic rings. The molecule has 1 unspecified atom stereocenters. The summed E-state index contributed by atoms with van der Waals surface area (Å²) in [6, 6.07) is 8.54. The van der Waals surface area contributed by atoms with Crippen molar-refractivity contribution in [3.8, 4) is 10.4 Å². The first-order valence-electron chi connectivity index (χ1n) is 5.72. The minimum Gasteiger partial charge on any atom is -0.335 e. The van der Waals surface area contributed by atoms with Crippen molar-refractivity contribution in [1.82, 2.24) is 10.3 Å². The van der Waals surface area contributed by atoms with Crippen LogP contribution >= 0.6 is 45.7 Å². The molecule has 0 saturated carbocycles. The number of nitrogens with zero attached hydrogens (tertiary/aromatic N) is 1. The number of carbonyl (C=O) groups excluding carboxylic acids is 1. The summed E-state index contributed by atoms with van der Waals surface area (Å²) in [4.78, 5) is 16.0. The lowest BCUT2D eigenvalue weighted by Gasteiger charge is -2.06. The van der Waals surface area contributed by atoms with E-state index in [2.05, 4.69) is 57.2 Å². The predicted molar refractivity (Wildman–Crippen MR) is 88.6 cm³/mol. The van der Waals surface area contributed by atoms with Crippen LogP contribution in [0.15, 0.2) is 29.8 Å². The van der Waals surface area contributed by atoms with E-state index in [0.717, 1.165) is 12.1 Å². The van der Waals surface area contributed by atoms with Gasteiger partial charge in [0.1, 0.15) is 0 Å². The highest BCUT2D eigenvalue weighted by molar-refractivity contribution is 14.1. The van der Waals surface area contributed by atoms with Gasteiger partial charge in [-0.25, -0.2) is 4.98 Å². The highest BCUT2D eigenvalue weighted by Crippen LogP contribution is 2.67. The molecule has 6 heteroatoms. The Morgan fingerprint density at radius 2 is 2.16 bits per heavy atom. The summed E-state index contributed by atoms with van der Waals surface area (Å²) in [5.41, 5.74) is 5.40. The number of thioether (sulfide) groups is 1. The van der Waals surface area contributed by atoms with E-state index in [1.54, 1.807) is 23.1 Å². The van der Waals surface area contributed by atoms with Crippen LogP contribution in [0, 0.1) is 6.92 Å². The van der Waals surface area contributed by atoms with Crippen molar-refractivity contribution in [1.29, 1.82) is 0 Å². The van der Waals surface area contributed by atoms with Gasteiger partial charge in [0.2, 0.25) is 6.41 Å². The molecule has 0 radical (unpaired) electrons. The topological polar surface area (TPSA) is 42.0 Å². The highest BCUT2D eigenvalue weighted by Gasteiger charge is 2.54. The molecule has 1 saturated heterocycles. The third kappa shape index (κ3) is 2.53. The number of hydrogen-bond acceptors (Lipinski definition) is 4. The second-order valence-corrected chi connectivity index (χ2v) is 8.93. The third-order valence-corrected chi connectivity index (χ3v) is 7.45. The van der Waals surface area contributed by atoms with Crippen molar-refractivity contribution in [3.63, 3.8) is 0 Å². The molecule has 1 N–H and O–H groups in total. The minimum atomic E-state index is -0.165. The van der Waals surface area contributed by atoms with Gasteiger partial charge in [-0.1, -0.05) is 24.3 Å². The van der Waals surface area contributed by atoms with Crippen LogP contribution in [0.1, 0.15) is 16.5 Å². The lowest BCUT2D eigenvalue weighted by Crippen LogP contribution is -2.23. The Kier molecular flexibility index (Phi) is 3.57. The van der Waals surface area contributed by atoms with Gasteiger partial charge in [0.15, 0.2) is 2.88 Å². The second-order valence-electron chi connectivity index (χ2n) is 4.29. The Labute approximate surface area is 133 Å². The maximum absolute atomic E-state index is 10.5. The standard InChI is InChI=1S/C13H11IN2OS2/c1-8-11(18-7-15-8)9-2-4-10(5-3-9)12-13(14,19-12)16-6-17/h2-7,12H,1H3,(H,16,17)/t12?,13-/m1/s1. The van der Waals surface area contributed by atoms with Crippen molar-refractivity contribution >= 4 is 52.1 Å². The zero-order valence-electron chi connectivity index (χ0n) is 10.1. The van der Waals surface area contributed by atoms with Crippen molar-refractivity contribution < 1.29 is 4.79 Å². The van der Waals surface area contributed by atoms with E-state index in [0.29, 0.717) is 5.25 Å². The molecule has 2 atom stereocenters. The zero-order chi connectivity index (χ0) is 13.5. The van der Waals surface area contributed by atoms with E-state index in [1.807, 2.05) is 12.4 Å². The van der Waals surface area contributed by atoms with Crippen LogP contribution in [-0.2, 0) is 4.79 Å². The molecule has 98 valence electrons. The molecule has 0 spiro atoms. The van der Waals surface area contributed by atoms with Crippen molar-refractivity contribution in [2.75, 3.05) is 0 Å². The summed E-state index contributed by atoms with van der Waals surface area (Å²) in [6.45, 7) is 2.03. The highest BCUT2D eigenvalue weighted by atomic mass is 127. The number of aromatic nitrogens is 1. The largest absolute Gasteiger partial charge is 0.335 e. The van der Waals surface area contributed by atoms with Crippen LogP contribution in [0.25, 0.3) is 10.4 Å². The fourth-order valence-corrected chi connectivity index (χ4v) is 4.95. The van der Waals surface area contributed by atoms with E-state index >= 15 is 0 Å². The van der Waals surface area contributed by atoms with Crippen LogP contribution in [0.2, 0.25) is 0 Å². The van der Waals surface area contributed by atoms with Gasteiger partial charge >= 0.3 is 0 Å². The van der Waals surface area contributed by atoms with Gasteiger partial charge < -0.3 is 5.32 Å². The normalized spacial score (nSPS) is 25.1. The number of rotatable bonds is 4. The third-order valence-electron chi connectivity index (χ3n) is 3.05. The molecular weight excluding hydrogens is 391 g/mol. The number of nitrogens with one attached hydrogen (secondary N) is 1. The zero-order valence-corrected chi connectivity index (χ0v) is 13.9. The minimum absolute atomic E-state index is 0.165. The smallest absolute Gasteiger partial charge is 0.208 e. The monoisotopic (exact) mass is 402 g/mol. The summed E-state index contributed by atoms with van der Waals surface area (Å²) < 4.78 is -0.165. The molecule has 0 aliphatic carbocycles. The van der Waals surface area contributed by atoms with Crippen molar-refractivity contribution in [3.05, 3.63) is 41.0 Å². The number of halogens is 1. The molecule has 1 aromatic carbocycles. The van der Waals surface area contributed by atoms with Gasteiger partial charge in [-0.05, 0) is 40.6 Å². The second kappa shape index (κ2) is 5.06. The van der Waals surface area contributed by atoms with Gasteiger partial charge in [-0.2, -0.15) is 0 Å². The Morgan fingerprint density at radius 3 is 2.74 bits per heavy atom. The molecule has 1 aliphatic heterocycles. The quantitative estimate of drug-likeness (QED) is 0.279. The summed E-state index contributed by atoms with van der Waals surface area (Å²) in [5.74, 6) is 0. The molecule has 2 aromatic rings. The molecule has 1 amide bonds. The first-order valence-corrected chi connectivity index (χ1v) is 8.56. The number of thiazole rings is 1.